The maximum Gasteiger partial charge on any atom is 0.159 e. The van der Waals surface area contributed by atoms with Crippen molar-refractivity contribution in [3.8, 4) is 0 Å². The van der Waals surface area contributed by atoms with E-state index in [1.165, 1.54) is 37.7 Å². The zero-order chi connectivity index (χ0) is 21.8. The van der Waals surface area contributed by atoms with Crippen LogP contribution >= 0.6 is 0 Å². The molecule has 30 heavy (non-hydrogen) atoms. The summed E-state index contributed by atoms with van der Waals surface area (Å²) >= 11 is 0. The van der Waals surface area contributed by atoms with Crippen LogP contribution in [0.25, 0.3) is 0 Å². The van der Waals surface area contributed by atoms with Crippen molar-refractivity contribution >= 4 is 5.78 Å². The van der Waals surface area contributed by atoms with Gasteiger partial charge in [-0.25, -0.2) is 0 Å². The Morgan fingerprint density at radius 3 is 2.57 bits per heavy atom. The van der Waals surface area contributed by atoms with E-state index in [9.17, 15) is 9.90 Å². The number of carbonyl (C=O) groups is 1. The van der Waals surface area contributed by atoms with Crippen LogP contribution < -0.4 is 0 Å². The van der Waals surface area contributed by atoms with Gasteiger partial charge in [-0.2, -0.15) is 0 Å². The number of hydrogen-bond acceptors (Lipinski definition) is 2. The van der Waals surface area contributed by atoms with Crippen LogP contribution in [0.4, 0.5) is 0 Å². The Hall–Kier alpha value is -0.890. The molecule has 0 radical (unpaired) electrons. The maximum absolute atomic E-state index is 13.2. The molecule has 1 N–H and O–H groups in total. The van der Waals surface area contributed by atoms with E-state index in [0.717, 1.165) is 43.1 Å². The van der Waals surface area contributed by atoms with Gasteiger partial charge < -0.3 is 5.11 Å². The molecule has 0 amide bonds. The zero-order valence-electron chi connectivity index (χ0n) is 20.0. The highest BCUT2D eigenvalue weighted by Crippen LogP contribution is 2.67. The summed E-state index contributed by atoms with van der Waals surface area (Å²) in [6.07, 6.45) is 11.7. The van der Waals surface area contributed by atoms with E-state index in [1.54, 1.807) is 0 Å². The molecule has 0 bridgehead atoms. The van der Waals surface area contributed by atoms with Crippen LogP contribution in [0.3, 0.4) is 0 Å². The van der Waals surface area contributed by atoms with Crippen molar-refractivity contribution in [2.45, 2.75) is 98.5 Å². The fraction of sp³-hybridized carbons (Fsp3) is 0.821. The average molecular weight is 413 g/mol. The first kappa shape index (κ1) is 22.3. The van der Waals surface area contributed by atoms with Gasteiger partial charge in [0.1, 0.15) is 0 Å². The number of fused-ring (bicyclic) bond motifs is 5. The second-order valence-corrected chi connectivity index (χ2v) is 12.2. The number of aliphatic hydroxyl groups is 1. The number of Topliss-reactive ketones (excluding diaryl/α,β-unsaturated/α-hetero) is 1. The van der Waals surface area contributed by atoms with Crippen molar-refractivity contribution in [2.75, 3.05) is 0 Å². The van der Waals surface area contributed by atoms with Crippen molar-refractivity contribution < 1.29 is 9.90 Å². The minimum atomic E-state index is -0.417. The third-order valence-corrected chi connectivity index (χ3v) is 10.4. The molecule has 0 heterocycles. The summed E-state index contributed by atoms with van der Waals surface area (Å²) in [6, 6.07) is 0. The second-order valence-electron chi connectivity index (χ2n) is 12.2. The molecule has 168 valence electrons. The van der Waals surface area contributed by atoms with Crippen LogP contribution in [-0.2, 0) is 4.79 Å². The van der Waals surface area contributed by atoms with Crippen LogP contribution in [0.5, 0.6) is 0 Å². The predicted molar refractivity (Wildman–Crippen MR) is 124 cm³/mol. The minimum absolute atomic E-state index is 0.000726. The van der Waals surface area contributed by atoms with Crippen LogP contribution in [0.15, 0.2) is 23.8 Å². The number of aliphatic hydroxyl groups excluding tert-OH is 1. The van der Waals surface area contributed by atoms with E-state index in [4.69, 9.17) is 0 Å². The summed E-state index contributed by atoms with van der Waals surface area (Å²) in [6.45, 7) is 16.2. The first-order valence-corrected chi connectivity index (χ1v) is 12.7. The van der Waals surface area contributed by atoms with Crippen molar-refractivity contribution in [2.24, 2.45) is 46.3 Å². The topological polar surface area (TPSA) is 37.3 Å². The van der Waals surface area contributed by atoms with Crippen LogP contribution in [0.1, 0.15) is 92.4 Å². The van der Waals surface area contributed by atoms with Gasteiger partial charge in [-0.05, 0) is 109 Å². The average Bonchev–Trinajstić information content (AvgIpc) is 3.04. The highest BCUT2D eigenvalue weighted by molar-refractivity contribution is 5.98. The van der Waals surface area contributed by atoms with E-state index in [2.05, 4.69) is 41.2 Å². The molecule has 4 rings (SSSR count). The summed E-state index contributed by atoms with van der Waals surface area (Å²) in [4.78, 5) is 13.2. The molecule has 0 aromatic rings. The van der Waals surface area contributed by atoms with E-state index in [-0.39, 0.29) is 5.41 Å². The first-order valence-electron chi connectivity index (χ1n) is 12.7. The molecule has 2 heteroatoms. The molecule has 4 aliphatic rings. The van der Waals surface area contributed by atoms with Crippen molar-refractivity contribution in [1.29, 1.82) is 0 Å². The lowest BCUT2D eigenvalue weighted by atomic mass is 9.46. The molecule has 0 aromatic carbocycles. The Kier molecular flexibility index (Phi) is 5.88. The Morgan fingerprint density at radius 2 is 1.87 bits per heavy atom. The van der Waals surface area contributed by atoms with Gasteiger partial charge in [-0.1, -0.05) is 46.8 Å². The molecule has 3 fully saturated rings. The van der Waals surface area contributed by atoms with Gasteiger partial charge in [0.25, 0.3) is 0 Å². The zero-order valence-corrected chi connectivity index (χ0v) is 20.0. The fourth-order valence-corrected chi connectivity index (χ4v) is 8.41. The lowest BCUT2D eigenvalue weighted by Crippen LogP contribution is -2.53. The van der Waals surface area contributed by atoms with Gasteiger partial charge in [0, 0.05) is 6.42 Å². The summed E-state index contributed by atoms with van der Waals surface area (Å²) in [5.74, 6) is 4.33. The number of rotatable bonds is 5. The Bertz CT molecular complexity index is 733. The normalized spacial score (nSPS) is 44.2. The minimum Gasteiger partial charge on any atom is -0.389 e. The van der Waals surface area contributed by atoms with Crippen molar-refractivity contribution in [3.63, 3.8) is 0 Å². The SMILES string of the molecule is C=C(CCC(C)C1CCC2C3CC(=O)C4=CC(O)CCC4(C)C3CCC12C)C(C)C. The largest absolute Gasteiger partial charge is 0.389 e. The first-order chi connectivity index (χ1) is 14.1. The number of ketones is 1. The van der Waals surface area contributed by atoms with Gasteiger partial charge in [0.05, 0.1) is 6.10 Å². The van der Waals surface area contributed by atoms with Gasteiger partial charge in [0.15, 0.2) is 5.78 Å². The smallest absolute Gasteiger partial charge is 0.159 e. The molecule has 0 aliphatic heterocycles. The molecule has 4 aliphatic carbocycles. The van der Waals surface area contributed by atoms with E-state index in [0.29, 0.717) is 34.9 Å². The summed E-state index contributed by atoms with van der Waals surface area (Å²) in [5, 5.41) is 10.2. The van der Waals surface area contributed by atoms with Gasteiger partial charge in [-0.3, -0.25) is 4.79 Å². The fourth-order valence-electron chi connectivity index (χ4n) is 8.41. The predicted octanol–water partition coefficient (Wildman–Crippen LogP) is 6.73. The monoisotopic (exact) mass is 412 g/mol. The Morgan fingerprint density at radius 1 is 1.13 bits per heavy atom. The van der Waals surface area contributed by atoms with E-state index >= 15 is 0 Å². The molecule has 0 saturated heterocycles. The molecule has 0 spiro atoms. The third kappa shape index (κ3) is 3.46. The van der Waals surface area contributed by atoms with E-state index < -0.39 is 6.10 Å². The molecular formula is C28H44O2. The molecule has 2 nitrogen and oxygen atoms in total. The van der Waals surface area contributed by atoms with Crippen molar-refractivity contribution in [3.05, 3.63) is 23.8 Å². The second kappa shape index (κ2) is 7.91. The number of hydrogen-bond donors (Lipinski definition) is 1. The van der Waals surface area contributed by atoms with Crippen LogP contribution in [-0.4, -0.2) is 17.0 Å². The summed E-state index contributed by atoms with van der Waals surface area (Å²) in [5.41, 5.74) is 2.77. The maximum atomic E-state index is 13.2. The number of allylic oxidation sites excluding steroid dienone is 2. The van der Waals surface area contributed by atoms with Gasteiger partial charge >= 0.3 is 0 Å². The lowest BCUT2D eigenvalue weighted by Gasteiger charge is -2.58. The standard InChI is InChI=1S/C28H44O2/c1-17(2)18(3)7-8-19(4)22-9-10-23-21-16-26(30)25-15-20(29)11-13-28(25,6)24(21)12-14-27(22,23)5/h15,17,19-24,29H,3,7-14,16H2,1-2,4-6H3. The molecule has 8 unspecified atom stereocenters. The molecule has 3 saturated carbocycles. The summed E-state index contributed by atoms with van der Waals surface area (Å²) < 4.78 is 0. The van der Waals surface area contributed by atoms with Crippen molar-refractivity contribution in [1.82, 2.24) is 0 Å². The Labute approximate surface area is 184 Å². The lowest BCUT2D eigenvalue weighted by molar-refractivity contribution is -0.129. The molecular weight excluding hydrogens is 368 g/mol. The van der Waals surface area contributed by atoms with Gasteiger partial charge in [-0.15, -0.1) is 0 Å². The molecule has 0 aromatic heterocycles. The quantitative estimate of drug-likeness (QED) is 0.508. The van der Waals surface area contributed by atoms with E-state index in [1.807, 2.05) is 6.08 Å². The number of carbonyl (C=O) groups excluding carboxylic acids is 1. The molecule has 8 atom stereocenters. The highest BCUT2D eigenvalue weighted by Gasteiger charge is 2.60. The Balaban J connectivity index is 1.53. The van der Waals surface area contributed by atoms with Gasteiger partial charge in [0.2, 0.25) is 0 Å². The third-order valence-electron chi connectivity index (χ3n) is 10.4. The van der Waals surface area contributed by atoms with Crippen LogP contribution in [0, 0.1) is 46.3 Å². The summed E-state index contributed by atoms with van der Waals surface area (Å²) in [7, 11) is 0. The van der Waals surface area contributed by atoms with Crippen LogP contribution in [0.2, 0.25) is 0 Å². The highest BCUT2D eigenvalue weighted by atomic mass is 16.3.